The predicted molar refractivity (Wildman–Crippen MR) is 207 cm³/mol. The lowest BCUT2D eigenvalue weighted by molar-refractivity contribution is -0.275. The van der Waals surface area contributed by atoms with E-state index < -0.39 is 35.9 Å². The summed E-state index contributed by atoms with van der Waals surface area (Å²) in [6.07, 6.45) is -4.29. The fourth-order valence-corrected chi connectivity index (χ4v) is 6.81. The van der Waals surface area contributed by atoms with Crippen LogP contribution >= 0.6 is 0 Å². The summed E-state index contributed by atoms with van der Waals surface area (Å²) >= 11 is 0. The number of aromatic hydroxyl groups is 2. The summed E-state index contributed by atoms with van der Waals surface area (Å²) in [5, 5.41) is 24.0. The molecular weight excluding hydrogens is 680 g/mol. The van der Waals surface area contributed by atoms with Gasteiger partial charge in [-0.25, -0.2) is 0 Å². The number of phenols is 2. The Hall–Kier alpha value is -4.83. The maximum Gasteiger partial charge on any atom is 0.163 e. The Kier molecular flexibility index (Phi) is 13.0. The number of carbonyl (C=O) groups is 1. The molecule has 8 heteroatoms. The first-order valence-electron chi connectivity index (χ1n) is 18.4. The second-order valence-electron chi connectivity index (χ2n) is 14.8. The lowest BCUT2D eigenvalue weighted by Gasteiger charge is -2.47. The van der Waals surface area contributed by atoms with E-state index in [0.717, 1.165) is 22.3 Å². The van der Waals surface area contributed by atoms with Crippen LogP contribution in [0.2, 0.25) is 0 Å². The van der Waals surface area contributed by atoms with Crippen LogP contribution in [0, 0.1) is 0 Å². The fraction of sp³-hybridized carbons (Fsp3) is 0.326. The van der Waals surface area contributed by atoms with E-state index in [1.165, 1.54) is 6.92 Å². The molecule has 5 aromatic rings. The Morgan fingerprint density at radius 1 is 0.611 bits per heavy atom. The summed E-state index contributed by atoms with van der Waals surface area (Å²) in [5.74, 6) is -0.876. The van der Waals surface area contributed by atoms with E-state index in [9.17, 15) is 15.0 Å². The molecule has 6 rings (SSSR count). The van der Waals surface area contributed by atoms with Crippen LogP contribution in [0.15, 0.2) is 127 Å². The Bertz CT molecular complexity index is 1930. The van der Waals surface area contributed by atoms with E-state index in [2.05, 4.69) is 0 Å². The molecule has 0 aromatic heterocycles. The van der Waals surface area contributed by atoms with Crippen molar-refractivity contribution in [3.63, 3.8) is 0 Å². The minimum absolute atomic E-state index is 0.0635. The van der Waals surface area contributed by atoms with Crippen molar-refractivity contribution in [1.82, 2.24) is 0 Å². The highest BCUT2D eigenvalue weighted by molar-refractivity contribution is 5.98. The van der Waals surface area contributed by atoms with Gasteiger partial charge in [0.1, 0.15) is 42.0 Å². The third kappa shape index (κ3) is 9.63. The van der Waals surface area contributed by atoms with Gasteiger partial charge in [0.15, 0.2) is 5.78 Å². The van der Waals surface area contributed by atoms with E-state index in [1.807, 2.05) is 142 Å². The highest BCUT2D eigenvalue weighted by Gasteiger charge is 2.51. The quantitative estimate of drug-likeness (QED) is 0.103. The maximum absolute atomic E-state index is 13.0. The zero-order valence-electron chi connectivity index (χ0n) is 31.4. The smallest absolute Gasteiger partial charge is 0.163 e. The maximum atomic E-state index is 13.0. The zero-order valence-corrected chi connectivity index (χ0v) is 31.4. The largest absolute Gasteiger partial charge is 0.507 e. The van der Waals surface area contributed by atoms with E-state index in [-0.39, 0.29) is 54.8 Å². The number of Topliss-reactive ketones (excluding diaryl/α,β-unsaturated/α-hetero) is 1. The monoisotopic (exact) mass is 730 g/mol. The van der Waals surface area contributed by atoms with Crippen molar-refractivity contribution in [3.05, 3.63) is 166 Å². The molecule has 0 saturated carbocycles. The predicted octanol–water partition coefficient (Wildman–Crippen LogP) is 9.01. The lowest BCUT2D eigenvalue weighted by Crippen LogP contribution is -2.58. The van der Waals surface area contributed by atoms with Crippen LogP contribution in [0.5, 0.6) is 11.5 Å². The van der Waals surface area contributed by atoms with Crippen LogP contribution in [-0.4, -0.2) is 47.0 Å². The molecule has 1 aliphatic heterocycles. The zero-order chi connectivity index (χ0) is 38.1. The van der Waals surface area contributed by atoms with Crippen LogP contribution in [0.1, 0.15) is 77.5 Å². The van der Waals surface area contributed by atoms with Gasteiger partial charge < -0.3 is 33.9 Å². The Morgan fingerprint density at radius 3 is 1.48 bits per heavy atom. The van der Waals surface area contributed by atoms with Crippen molar-refractivity contribution in [1.29, 1.82) is 0 Å². The molecule has 5 atom stereocenters. The van der Waals surface area contributed by atoms with Gasteiger partial charge in [-0.15, -0.1) is 0 Å². The molecule has 0 spiro atoms. The van der Waals surface area contributed by atoms with Crippen molar-refractivity contribution in [2.45, 2.75) is 90.1 Å². The molecule has 282 valence electrons. The first-order chi connectivity index (χ1) is 26.1. The van der Waals surface area contributed by atoms with Crippen LogP contribution in [0.3, 0.4) is 0 Å². The number of hydrogen-bond acceptors (Lipinski definition) is 8. The van der Waals surface area contributed by atoms with Crippen molar-refractivity contribution in [2.75, 3.05) is 6.61 Å². The molecule has 8 nitrogen and oxygen atoms in total. The summed E-state index contributed by atoms with van der Waals surface area (Å²) in [4.78, 5) is 13.0. The van der Waals surface area contributed by atoms with Gasteiger partial charge in [0, 0.05) is 5.56 Å². The first kappa shape index (κ1) is 38.9. The number of rotatable bonds is 15. The van der Waals surface area contributed by atoms with Crippen LogP contribution in [0.4, 0.5) is 0 Å². The normalized spacial score (nSPS) is 20.1. The fourth-order valence-electron chi connectivity index (χ4n) is 6.81. The Morgan fingerprint density at radius 2 is 1.04 bits per heavy atom. The molecule has 0 bridgehead atoms. The molecule has 0 unspecified atom stereocenters. The molecular formula is C46H50O8. The molecule has 2 N–H and O–H groups in total. The van der Waals surface area contributed by atoms with Crippen LogP contribution < -0.4 is 0 Å². The lowest BCUT2D eigenvalue weighted by atomic mass is 9.80. The van der Waals surface area contributed by atoms with E-state index in [0.29, 0.717) is 12.2 Å². The van der Waals surface area contributed by atoms with Crippen molar-refractivity contribution >= 4 is 5.78 Å². The SMILES string of the molecule is CC(=O)c1cc(C(C)(C)C)c(O)c([C@@H]2O[C@H](COCc3ccccc3)[C@@H](OCc3ccccc3)[C@H](OCc3ccccc3)[C@H]2OCc2ccccc2)c1O. The van der Waals surface area contributed by atoms with Crippen molar-refractivity contribution < 1.29 is 38.7 Å². The molecule has 0 aliphatic carbocycles. The summed E-state index contributed by atoms with van der Waals surface area (Å²) in [7, 11) is 0. The summed E-state index contributed by atoms with van der Waals surface area (Å²) < 4.78 is 33.7. The molecule has 0 radical (unpaired) electrons. The molecule has 0 amide bonds. The van der Waals surface area contributed by atoms with Crippen molar-refractivity contribution in [2.24, 2.45) is 0 Å². The average Bonchev–Trinajstić information content (AvgIpc) is 3.17. The molecule has 1 fully saturated rings. The van der Waals surface area contributed by atoms with E-state index in [4.69, 9.17) is 23.7 Å². The standard InChI is InChI=1S/C46H50O8/c1-31(47)36-25-37(46(2,3)4)41(49)39(40(36)48)43-45(53-29-35-23-15-8-16-24-35)44(52-28-34-21-13-7-14-22-34)42(51-27-33-19-11-6-12-20-33)38(54-43)30-50-26-32-17-9-5-10-18-32/h5-25,38,42-45,48-49H,26-30H2,1-4H3/t38-,42-,43+,44+,45+/m1/s1. The number of ketones is 1. The Labute approximate surface area is 318 Å². The second-order valence-corrected chi connectivity index (χ2v) is 14.8. The highest BCUT2D eigenvalue weighted by atomic mass is 16.6. The van der Waals surface area contributed by atoms with Gasteiger partial charge in [0.05, 0.1) is 44.2 Å². The van der Waals surface area contributed by atoms with E-state index in [1.54, 1.807) is 6.07 Å². The summed E-state index contributed by atoms with van der Waals surface area (Å²) in [5.41, 5.74) is 3.86. The van der Waals surface area contributed by atoms with Crippen LogP contribution in [-0.2, 0) is 55.5 Å². The van der Waals surface area contributed by atoms with Gasteiger partial charge in [0.2, 0.25) is 0 Å². The summed E-state index contributed by atoms with van der Waals surface area (Å²) in [6.45, 7) is 8.31. The Balaban J connectivity index is 1.48. The molecule has 54 heavy (non-hydrogen) atoms. The summed E-state index contributed by atoms with van der Waals surface area (Å²) in [6, 6.07) is 40.9. The number of hydrogen-bond donors (Lipinski definition) is 2. The molecule has 1 heterocycles. The van der Waals surface area contributed by atoms with Gasteiger partial charge in [-0.2, -0.15) is 0 Å². The van der Waals surface area contributed by atoms with Gasteiger partial charge >= 0.3 is 0 Å². The number of carbonyl (C=O) groups excluding carboxylic acids is 1. The third-order valence-electron chi connectivity index (χ3n) is 9.66. The molecule has 1 saturated heterocycles. The van der Waals surface area contributed by atoms with Gasteiger partial charge in [0.25, 0.3) is 0 Å². The minimum atomic E-state index is -1.10. The van der Waals surface area contributed by atoms with Gasteiger partial charge in [-0.3, -0.25) is 4.79 Å². The molecule has 1 aliphatic rings. The number of ether oxygens (including phenoxy) is 5. The highest BCUT2D eigenvalue weighted by Crippen LogP contribution is 2.49. The van der Waals surface area contributed by atoms with E-state index >= 15 is 0 Å². The van der Waals surface area contributed by atoms with Gasteiger partial charge in [-0.1, -0.05) is 142 Å². The second kappa shape index (κ2) is 18.0. The third-order valence-corrected chi connectivity index (χ3v) is 9.66. The minimum Gasteiger partial charge on any atom is -0.507 e. The first-order valence-corrected chi connectivity index (χ1v) is 18.4. The van der Waals surface area contributed by atoms with Crippen LogP contribution in [0.25, 0.3) is 0 Å². The number of phenolic OH excluding ortho intramolecular Hbond substituents is 2. The average molecular weight is 731 g/mol. The van der Waals surface area contributed by atoms with Crippen molar-refractivity contribution in [3.8, 4) is 11.5 Å². The molecule has 5 aromatic carbocycles. The number of benzene rings is 5. The van der Waals surface area contributed by atoms with Gasteiger partial charge in [-0.05, 0) is 40.7 Å². The topological polar surface area (TPSA) is 104 Å².